The highest BCUT2D eigenvalue weighted by Gasteiger charge is 2.50. The Kier molecular flexibility index (Phi) is 14.5. The molecule has 0 aliphatic heterocycles. The number of fused-ring (bicyclic) bond motifs is 7. The SMILES string of the molecule is CC(C)(C)c1ccc(-c2cc(-c3ccc(C(C)(C)C)cc3)cc(-c3cccc(C4(c5cccc(-c6cc(-c7ccc(C(C)(C)C)cc7)cc(-c7ccc(C(C)(C)C)cc7)c6)c5)c5cc(-c6ccccc6)ccc5-c5c4ccc4c5-c5ccccc5C4(C)C)c3)c2)cc1. The van der Waals surface area contributed by atoms with E-state index in [1.807, 2.05) is 0 Å². The van der Waals surface area contributed by atoms with Crippen molar-refractivity contribution in [2.45, 2.75) is 129 Å². The lowest BCUT2D eigenvalue weighted by Crippen LogP contribution is -2.29. The van der Waals surface area contributed by atoms with Crippen molar-refractivity contribution in [3.63, 3.8) is 0 Å². The Morgan fingerprint density at radius 3 is 0.913 bits per heavy atom. The largest absolute Gasteiger partial charge is 0.0714 e. The molecule has 12 aromatic carbocycles. The van der Waals surface area contributed by atoms with Gasteiger partial charge in [-0.05, 0) is 232 Å². The molecule has 0 bridgehead atoms. The lowest BCUT2D eigenvalue weighted by Gasteiger charge is -2.35. The molecule has 92 heavy (non-hydrogen) atoms. The molecule has 12 aromatic rings. The van der Waals surface area contributed by atoms with Crippen molar-refractivity contribution in [3.05, 3.63) is 323 Å². The molecule has 0 saturated heterocycles. The van der Waals surface area contributed by atoms with E-state index in [2.05, 4.69) is 364 Å². The van der Waals surface area contributed by atoms with Gasteiger partial charge in [0.1, 0.15) is 0 Å². The van der Waals surface area contributed by atoms with Crippen LogP contribution in [-0.4, -0.2) is 0 Å². The van der Waals surface area contributed by atoms with Gasteiger partial charge in [0, 0.05) is 5.41 Å². The fourth-order valence-electron chi connectivity index (χ4n) is 15.0. The molecule has 0 nitrogen and oxygen atoms in total. The smallest absolute Gasteiger partial charge is 0.0622 e. The quantitative estimate of drug-likeness (QED) is 0.135. The maximum Gasteiger partial charge on any atom is 0.0714 e. The van der Waals surface area contributed by atoms with Gasteiger partial charge in [-0.3, -0.25) is 0 Å². The van der Waals surface area contributed by atoms with Gasteiger partial charge in [0.2, 0.25) is 0 Å². The Balaban J connectivity index is 1.04. The predicted octanol–water partition coefficient (Wildman–Crippen LogP) is 25.2. The van der Waals surface area contributed by atoms with Gasteiger partial charge in [-0.1, -0.05) is 309 Å². The standard InChI is InChI=1S/C92H86/c1-87(2,3)73-39-30-60(31-40-73)67-50-68(61-32-41-74(42-33-61)88(4,5)6)53-71(52-67)64-24-20-26-77(56-64)92(83-49-48-82-85(79-28-18-19-29-81(79)91(82,13)14)86(83)80-47-38-66(58-84(80)92)59-22-16-15-17-23-59)78-27-21-25-65(57-78)72-54-69(62-34-43-75(44-35-62)89(7,8)9)51-70(55-72)63-36-45-76(46-37-63)90(10,11)12/h15-58H,1-14H3. The second kappa shape index (κ2) is 22.2. The van der Waals surface area contributed by atoms with E-state index in [0.29, 0.717) is 0 Å². The zero-order chi connectivity index (χ0) is 64.3. The van der Waals surface area contributed by atoms with Crippen LogP contribution in [0.5, 0.6) is 0 Å². The Hall–Kier alpha value is -9.36. The van der Waals surface area contributed by atoms with Crippen molar-refractivity contribution in [1.29, 1.82) is 0 Å². The highest BCUT2D eigenvalue weighted by atomic mass is 14.5. The van der Waals surface area contributed by atoms with Crippen molar-refractivity contribution < 1.29 is 0 Å². The third kappa shape index (κ3) is 10.6. The van der Waals surface area contributed by atoms with Crippen LogP contribution >= 0.6 is 0 Å². The summed E-state index contributed by atoms with van der Waals surface area (Å²) in [4.78, 5) is 0. The molecule has 0 amide bonds. The summed E-state index contributed by atoms with van der Waals surface area (Å²) in [5.74, 6) is 0. The van der Waals surface area contributed by atoms with Crippen LogP contribution in [-0.2, 0) is 32.5 Å². The first-order valence-electron chi connectivity index (χ1n) is 33.3. The van der Waals surface area contributed by atoms with Crippen LogP contribution in [0.15, 0.2) is 267 Å². The minimum atomic E-state index is -0.782. The van der Waals surface area contributed by atoms with Gasteiger partial charge in [-0.2, -0.15) is 0 Å². The molecular formula is C92H86. The van der Waals surface area contributed by atoms with Gasteiger partial charge in [0.25, 0.3) is 0 Å². The Bertz CT molecular complexity index is 4430. The first-order valence-corrected chi connectivity index (χ1v) is 33.3. The molecule has 0 aromatic heterocycles. The average molecular weight is 1190 g/mol. The van der Waals surface area contributed by atoms with Crippen molar-refractivity contribution in [2.24, 2.45) is 0 Å². The van der Waals surface area contributed by atoms with Crippen LogP contribution in [0.1, 0.15) is 153 Å². The second-order valence-corrected chi connectivity index (χ2v) is 31.0. The molecule has 0 atom stereocenters. The zero-order valence-electron chi connectivity index (χ0n) is 56.4. The maximum absolute atomic E-state index is 2.55. The van der Waals surface area contributed by atoms with Gasteiger partial charge >= 0.3 is 0 Å². The van der Waals surface area contributed by atoms with Gasteiger partial charge in [-0.25, -0.2) is 0 Å². The van der Waals surface area contributed by atoms with Crippen molar-refractivity contribution >= 4 is 0 Å². The van der Waals surface area contributed by atoms with Crippen LogP contribution in [0.2, 0.25) is 0 Å². The molecule has 0 heteroatoms. The lowest BCUT2D eigenvalue weighted by atomic mass is 9.66. The van der Waals surface area contributed by atoms with Crippen LogP contribution in [0.25, 0.3) is 100 Å². The number of hydrogen-bond acceptors (Lipinski definition) is 0. The van der Waals surface area contributed by atoms with E-state index in [0.717, 1.165) is 0 Å². The second-order valence-electron chi connectivity index (χ2n) is 31.0. The Morgan fingerprint density at radius 1 is 0.207 bits per heavy atom. The molecular weight excluding hydrogens is 1110 g/mol. The molecule has 0 saturated carbocycles. The molecule has 14 rings (SSSR count). The fraction of sp³-hybridized carbons (Fsp3) is 0.217. The minimum absolute atomic E-state index is 0.0417. The first kappa shape index (κ1) is 60.2. The first-order chi connectivity index (χ1) is 43.8. The Labute approximate surface area is 548 Å². The summed E-state index contributed by atoms with van der Waals surface area (Å²) in [6.45, 7) is 32.4. The summed E-state index contributed by atoms with van der Waals surface area (Å²) in [6, 6.07) is 103. The molecule has 0 unspecified atom stereocenters. The van der Waals surface area contributed by atoms with E-state index in [-0.39, 0.29) is 27.1 Å². The van der Waals surface area contributed by atoms with E-state index in [1.165, 1.54) is 156 Å². The van der Waals surface area contributed by atoms with E-state index in [9.17, 15) is 0 Å². The third-order valence-electron chi connectivity index (χ3n) is 20.4. The van der Waals surface area contributed by atoms with Gasteiger partial charge in [0.15, 0.2) is 0 Å². The highest BCUT2D eigenvalue weighted by Crippen LogP contribution is 2.63. The highest BCUT2D eigenvalue weighted by molar-refractivity contribution is 6.01. The summed E-state index contributed by atoms with van der Waals surface area (Å²) in [6.07, 6.45) is 0. The molecule has 2 aliphatic rings. The van der Waals surface area contributed by atoms with E-state index in [4.69, 9.17) is 0 Å². The van der Waals surface area contributed by atoms with Crippen molar-refractivity contribution in [2.75, 3.05) is 0 Å². The van der Waals surface area contributed by atoms with Gasteiger partial charge in [0.05, 0.1) is 5.41 Å². The Morgan fingerprint density at radius 2 is 0.511 bits per heavy atom. The monoisotopic (exact) mass is 1190 g/mol. The van der Waals surface area contributed by atoms with Crippen LogP contribution < -0.4 is 0 Å². The lowest BCUT2D eigenvalue weighted by molar-refractivity contribution is 0.590. The number of benzene rings is 12. The van der Waals surface area contributed by atoms with E-state index < -0.39 is 5.41 Å². The molecule has 0 spiro atoms. The number of rotatable bonds is 9. The molecule has 0 heterocycles. The minimum Gasteiger partial charge on any atom is -0.0622 e. The normalized spacial score (nSPS) is 13.9. The van der Waals surface area contributed by atoms with Crippen molar-refractivity contribution in [3.8, 4) is 100 Å². The fourth-order valence-corrected chi connectivity index (χ4v) is 15.0. The summed E-state index contributed by atoms with van der Waals surface area (Å²) < 4.78 is 0. The summed E-state index contributed by atoms with van der Waals surface area (Å²) in [5, 5.41) is 0. The van der Waals surface area contributed by atoms with Crippen LogP contribution in [0.4, 0.5) is 0 Å². The topological polar surface area (TPSA) is 0 Å². The maximum atomic E-state index is 2.55. The number of hydrogen-bond donors (Lipinski definition) is 0. The van der Waals surface area contributed by atoms with E-state index in [1.54, 1.807) is 0 Å². The van der Waals surface area contributed by atoms with Crippen LogP contribution in [0.3, 0.4) is 0 Å². The van der Waals surface area contributed by atoms with Crippen molar-refractivity contribution in [1.82, 2.24) is 0 Å². The molecule has 0 radical (unpaired) electrons. The van der Waals surface area contributed by atoms with Crippen LogP contribution in [0, 0.1) is 0 Å². The summed E-state index contributed by atoms with van der Waals surface area (Å²) in [7, 11) is 0. The summed E-state index contributed by atoms with van der Waals surface area (Å²) >= 11 is 0. The summed E-state index contributed by atoms with van der Waals surface area (Å²) in [5.41, 5.74) is 34.3. The zero-order valence-corrected chi connectivity index (χ0v) is 56.4. The molecule has 2 aliphatic carbocycles. The molecule has 454 valence electrons. The predicted molar refractivity (Wildman–Crippen MR) is 394 cm³/mol. The van der Waals surface area contributed by atoms with Gasteiger partial charge in [-0.15, -0.1) is 0 Å². The van der Waals surface area contributed by atoms with Gasteiger partial charge < -0.3 is 0 Å². The average Bonchev–Trinajstić information content (AvgIpc) is 1.50. The van der Waals surface area contributed by atoms with E-state index >= 15 is 0 Å². The third-order valence-corrected chi connectivity index (χ3v) is 20.4. The molecule has 0 N–H and O–H groups in total. The molecule has 0 fully saturated rings.